The Morgan fingerprint density at radius 2 is 1.86 bits per heavy atom. The van der Waals surface area contributed by atoms with Crippen molar-refractivity contribution in [3.05, 3.63) is 28.8 Å². The Hall–Kier alpha value is -1.89. The Labute approximate surface area is 123 Å². The van der Waals surface area contributed by atoms with E-state index in [9.17, 15) is 13.2 Å². The normalized spacial score (nSPS) is 12.6. The fourth-order valence-corrected chi connectivity index (χ4v) is 3.26. The second kappa shape index (κ2) is 4.84. The van der Waals surface area contributed by atoms with Gasteiger partial charge in [0.05, 0.1) is 29.1 Å². The van der Waals surface area contributed by atoms with Crippen LogP contribution in [0.4, 0.5) is 0 Å². The lowest BCUT2D eigenvalue weighted by molar-refractivity contribution is 0.402. The fourth-order valence-electron chi connectivity index (χ4n) is 1.92. The summed E-state index contributed by atoms with van der Waals surface area (Å²) in [4.78, 5) is 16.3. The highest BCUT2D eigenvalue weighted by atomic mass is 32.2. The predicted octanol–water partition coefficient (Wildman–Crippen LogP) is 1.51. The molecule has 0 amide bonds. The summed E-state index contributed by atoms with van der Waals surface area (Å²) < 4.78 is 30.8. The molecule has 0 aliphatic carbocycles. The van der Waals surface area contributed by atoms with Gasteiger partial charge in [-0.1, -0.05) is 0 Å². The third kappa shape index (κ3) is 2.42. The Morgan fingerprint density at radius 3 is 2.38 bits per heavy atom. The number of hydrogen-bond donors (Lipinski definition) is 0. The Kier molecular flexibility index (Phi) is 3.57. The minimum atomic E-state index is -3.64. The molecule has 0 unspecified atom stereocenters. The molecule has 6 nitrogen and oxygen atoms in total. The first-order valence-corrected chi connectivity index (χ1v) is 7.86. The van der Waals surface area contributed by atoms with Gasteiger partial charge in [0.25, 0.3) is 5.56 Å². The van der Waals surface area contributed by atoms with Crippen LogP contribution in [0, 0.1) is 0 Å². The van der Waals surface area contributed by atoms with E-state index in [0.717, 1.165) is 0 Å². The Balaban J connectivity index is 2.93. The van der Waals surface area contributed by atoms with Gasteiger partial charge < -0.3 is 9.30 Å². The lowest BCUT2D eigenvalue weighted by atomic mass is 10.2. The molecule has 2 rings (SSSR count). The van der Waals surface area contributed by atoms with Gasteiger partial charge in [0, 0.05) is 13.1 Å². The quantitative estimate of drug-likeness (QED) is 0.840. The molecule has 0 spiro atoms. The third-order valence-electron chi connectivity index (χ3n) is 3.30. The summed E-state index contributed by atoms with van der Waals surface area (Å²) in [6, 6.07) is 2.83. The Morgan fingerprint density at radius 1 is 1.24 bits per heavy atom. The SMILES string of the molecule is COc1cc2ncn(C)c(=O)c2cc1S(=O)(=O)C(C)(C)C. The average Bonchev–Trinajstić information content (AvgIpc) is 2.40. The number of rotatable bonds is 2. The smallest absolute Gasteiger partial charge is 0.260 e. The van der Waals surface area contributed by atoms with E-state index in [1.807, 2.05) is 0 Å². The number of aryl methyl sites for hydroxylation is 1. The predicted molar refractivity (Wildman–Crippen MR) is 80.5 cm³/mol. The van der Waals surface area contributed by atoms with E-state index in [-0.39, 0.29) is 21.6 Å². The van der Waals surface area contributed by atoms with E-state index in [1.54, 1.807) is 27.8 Å². The number of benzene rings is 1. The fraction of sp³-hybridized carbons (Fsp3) is 0.429. The van der Waals surface area contributed by atoms with Crippen LogP contribution in [-0.2, 0) is 16.9 Å². The van der Waals surface area contributed by atoms with Crippen molar-refractivity contribution in [2.45, 2.75) is 30.4 Å². The standard InChI is InChI=1S/C14H18N2O4S/c1-14(2,3)21(18,19)12-6-9-10(7-11(12)20-5)15-8-16(4)13(9)17/h6-8H,1-5H3. The summed E-state index contributed by atoms with van der Waals surface area (Å²) >= 11 is 0. The molecule has 0 fully saturated rings. The number of sulfone groups is 1. The number of methoxy groups -OCH3 is 1. The molecule has 0 radical (unpaired) electrons. The van der Waals surface area contributed by atoms with E-state index in [1.165, 1.54) is 30.1 Å². The largest absolute Gasteiger partial charge is 0.495 e. The van der Waals surface area contributed by atoms with Crippen molar-refractivity contribution >= 4 is 20.7 Å². The summed E-state index contributed by atoms with van der Waals surface area (Å²) in [5.41, 5.74) is 0.107. The van der Waals surface area contributed by atoms with Crippen LogP contribution in [0.2, 0.25) is 0 Å². The van der Waals surface area contributed by atoms with Gasteiger partial charge in [-0.2, -0.15) is 0 Å². The highest BCUT2D eigenvalue weighted by molar-refractivity contribution is 7.92. The zero-order chi connectivity index (χ0) is 16.0. The van der Waals surface area contributed by atoms with Crippen LogP contribution in [-0.4, -0.2) is 29.8 Å². The van der Waals surface area contributed by atoms with Crippen molar-refractivity contribution in [3.63, 3.8) is 0 Å². The van der Waals surface area contributed by atoms with Gasteiger partial charge in [-0.25, -0.2) is 13.4 Å². The van der Waals surface area contributed by atoms with Crippen LogP contribution in [0.25, 0.3) is 10.9 Å². The zero-order valence-electron chi connectivity index (χ0n) is 12.7. The minimum Gasteiger partial charge on any atom is -0.495 e. The summed E-state index contributed by atoms with van der Waals surface area (Å²) in [6.07, 6.45) is 1.39. The second-order valence-electron chi connectivity index (χ2n) is 5.80. The van der Waals surface area contributed by atoms with Crippen molar-refractivity contribution in [3.8, 4) is 5.75 Å². The lowest BCUT2D eigenvalue weighted by Gasteiger charge is -2.21. The molecule has 2 aromatic rings. The van der Waals surface area contributed by atoms with E-state index in [0.29, 0.717) is 5.52 Å². The lowest BCUT2D eigenvalue weighted by Crippen LogP contribution is -2.28. The average molecular weight is 310 g/mol. The highest BCUT2D eigenvalue weighted by Crippen LogP contribution is 2.33. The van der Waals surface area contributed by atoms with Crippen LogP contribution in [0.15, 0.2) is 28.2 Å². The van der Waals surface area contributed by atoms with Gasteiger partial charge in [-0.05, 0) is 26.8 Å². The van der Waals surface area contributed by atoms with Crippen molar-refractivity contribution in [1.82, 2.24) is 9.55 Å². The molecule has 0 bridgehead atoms. The summed E-state index contributed by atoms with van der Waals surface area (Å²) in [5.74, 6) is 0.193. The van der Waals surface area contributed by atoms with E-state index < -0.39 is 14.6 Å². The van der Waals surface area contributed by atoms with Gasteiger partial charge >= 0.3 is 0 Å². The van der Waals surface area contributed by atoms with E-state index in [4.69, 9.17) is 4.74 Å². The zero-order valence-corrected chi connectivity index (χ0v) is 13.5. The van der Waals surface area contributed by atoms with Crippen molar-refractivity contribution < 1.29 is 13.2 Å². The molecule has 0 saturated heterocycles. The molecular weight excluding hydrogens is 292 g/mol. The topological polar surface area (TPSA) is 78.3 Å². The first-order chi connectivity index (χ1) is 9.59. The van der Waals surface area contributed by atoms with Crippen LogP contribution in [0.3, 0.4) is 0 Å². The number of ether oxygens (including phenoxy) is 1. The van der Waals surface area contributed by atoms with Crippen LogP contribution < -0.4 is 10.3 Å². The van der Waals surface area contributed by atoms with Crippen molar-refractivity contribution in [1.29, 1.82) is 0 Å². The molecule has 1 aromatic heterocycles. The van der Waals surface area contributed by atoms with Crippen LogP contribution in [0.5, 0.6) is 5.75 Å². The Bertz CT molecular complexity index is 861. The highest BCUT2D eigenvalue weighted by Gasteiger charge is 2.34. The maximum atomic E-state index is 12.7. The molecule has 1 aromatic carbocycles. The first kappa shape index (κ1) is 15.5. The van der Waals surface area contributed by atoms with Gasteiger partial charge in [-0.3, -0.25) is 4.79 Å². The molecule has 21 heavy (non-hydrogen) atoms. The van der Waals surface area contributed by atoms with Gasteiger partial charge in [-0.15, -0.1) is 0 Å². The van der Waals surface area contributed by atoms with Crippen LogP contribution in [0.1, 0.15) is 20.8 Å². The van der Waals surface area contributed by atoms with Gasteiger partial charge in [0.15, 0.2) is 9.84 Å². The molecule has 7 heteroatoms. The second-order valence-corrected chi connectivity index (χ2v) is 8.47. The number of nitrogens with zero attached hydrogens (tertiary/aromatic N) is 2. The first-order valence-electron chi connectivity index (χ1n) is 6.37. The van der Waals surface area contributed by atoms with E-state index in [2.05, 4.69) is 4.98 Å². The molecule has 0 aliphatic heterocycles. The molecule has 0 N–H and O–H groups in total. The van der Waals surface area contributed by atoms with Crippen molar-refractivity contribution in [2.75, 3.05) is 7.11 Å². The maximum absolute atomic E-state index is 12.7. The molecule has 1 heterocycles. The van der Waals surface area contributed by atoms with Gasteiger partial charge in [0.1, 0.15) is 10.6 Å². The molecule has 0 aliphatic rings. The third-order valence-corrected chi connectivity index (χ3v) is 5.81. The molecule has 114 valence electrons. The van der Waals surface area contributed by atoms with Gasteiger partial charge in [0.2, 0.25) is 0 Å². The molecule has 0 atom stereocenters. The summed E-state index contributed by atoms with van der Waals surface area (Å²) in [5, 5.41) is 0.253. The summed E-state index contributed by atoms with van der Waals surface area (Å²) in [7, 11) is -0.682. The molecular formula is C14H18N2O4S. The summed E-state index contributed by atoms with van der Waals surface area (Å²) in [6.45, 7) is 4.81. The maximum Gasteiger partial charge on any atom is 0.260 e. The number of fused-ring (bicyclic) bond motifs is 1. The number of aromatic nitrogens is 2. The number of hydrogen-bond acceptors (Lipinski definition) is 5. The monoisotopic (exact) mass is 310 g/mol. The van der Waals surface area contributed by atoms with E-state index >= 15 is 0 Å². The minimum absolute atomic E-state index is 0.00935. The van der Waals surface area contributed by atoms with Crippen LogP contribution >= 0.6 is 0 Å². The van der Waals surface area contributed by atoms with Crippen molar-refractivity contribution in [2.24, 2.45) is 7.05 Å². The molecule has 0 saturated carbocycles.